The van der Waals surface area contributed by atoms with Crippen LogP contribution in [-0.4, -0.2) is 110 Å². The molecule has 0 saturated heterocycles. The maximum Gasteiger partial charge on any atom is 0.193 e. The standard InChI is InChI=1S/C34H38N4O10/c1-18-10-25(40)21-11-20-12-28(33(2,3)47-30(20)29(31(21)46-18)38-13-19-4-7-36-23(19)14-38)48-45-16-27(42)34(44,32(43)26(41)15-39)17-37-9-6-22-24(37)5-8-35-22/h4-11,13,24,26-28,32,39,41-44H,12,14-17H2,1-3H3. The van der Waals surface area contributed by atoms with Crippen molar-refractivity contribution in [2.45, 2.75) is 68.9 Å². The number of anilines is 1. The highest BCUT2D eigenvalue weighted by molar-refractivity contribution is 6.12. The normalized spacial score (nSPS) is 24.9. The molecule has 0 spiro atoms. The molecule has 5 N–H and O–H groups in total. The first kappa shape index (κ1) is 32.4. The molecule has 48 heavy (non-hydrogen) atoms. The van der Waals surface area contributed by atoms with Crippen LogP contribution in [0.3, 0.4) is 0 Å². The molecule has 0 radical (unpaired) electrons. The molecule has 0 fully saturated rings. The van der Waals surface area contributed by atoms with Crippen molar-refractivity contribution in [1.82, 2.24) is 4.90 Å². The second-order valence-corrected chi connectivity index (χ2v) is 13.2. The van der Waals surface area contributed by atoms with E-state index in [-0.39, 0.29) is 24.4 Å². The highest BCUT2D eigenvalue weighted by Gasteiger charge is 2.49. The Kier molecular flexibility index (Phi) is 8.15. The van der Waals surface area contributed by atoms with Crippen molar-refractivity contribution in [3.05, 3.63) is 82.3 Å². The van der Waals surface area contributed by atoms with Gasteiger partial charge in [0.2, 0.25) is 0 Å². The van der Waals surface area contributed by atoms with E-state index in [0.717, 1.165) is 17.0 Å². The summed E-state index contributed by atoms with van der Waals surface area (Å²) in [4.78, 5) is 36.8. The summed E-state index contributed by atoms with van der Waals surface area (Å²) in [5, 5.41) is 53.8. The number of aliphatic hydroxyl groups is 5. The average Bonchev–Trinajstić information content (AvgIpc) is 3.83. The van der Waals surface area contributed by atoms with E-state index >= 15 is 0 Å². The third-order valence-electron chi connectivity index (χ3n) is 9.49. The lowest BCUT2D eigenvalue weighted by molar-refractivity contribution is -0.363. The fourth-order valence-corrected chi connectivity index (χ4v) is 6.70. The van der Waals surface area contributed by atoms with Gasteiger partial charge < -0.3 is 44.5 Å². The Morgan fingerprint density at radius 2 is 1.98 bits per heavy atom. The number of allylic oxidation sites excluding steroid dienone is 1. The van der Waals surface area contributed by atoms with Gasteiger partial charge in [0, 0.05) is 48.4 Å². The predicted octanol–water partition coefficient (Wildman–Crippen LogP) is 0.776. The van der Waals surface area contributed by atoms with Gasteiger partial charge in [0.1, 0.15) is 53.7 Å². The van der Waals surface area contributed by atoms with Gasteiger partial charge in [0.25, 0.3) is 0 Å². The molecule has 1 aromatic carbocycles. The molecule has 0 aliphatic carbocycles. The fraction of sp³-hybridized carbons (Fsp3) is 0.441. The molecule has 5 aliphatic heterocycles. The number of hydrogen-bond acceptors (Lipinski definition) is 14. The van der Waals surface area contributed by atoms with Gasteiger partial charge in [0.15, 0.2) is 16.8 Å². The Hall–Kier alpha value is -4.15. The number of aryl methyl sites for hydroxylation is 1. The quantitative estimate of drug-likeness (QED) is 0.168. The van der Waals surface area contributed by atoms with Crippen molar-refractivity contribution in [1.29, 1.82) is 0 Å². The van der Waals surface area contributed by atoms with Gasteiger partial charge in [0.05, 0.1) is 42.5 Å². The fourth-order valence-electron chi connectivity index (χ4n) is 6.70. The van der Waals surface area contributed by atoms with E-state index in [4.69, 9.17) is 18.9 Å². The Morgan fingerprint density at radius 1 is 1.17 bits per heavy atom. The van der Waals surface area contributed by atoms with E-state index in [9.17, 15) is 30.3 Å². The molecule has 14 nitrogen and oxygen atoms in total. The van der Waals surface area contributed by atoms with E-state index in [1.54, 1.807) is 48.6 Å². The second-order valence-electron chi connectivity index (χ2n) is 13.2. The van der Waals surface area contributed by atoms with Gasteiger partial charge >= 0.3 is 0 Å². The molecule has 6 unspecified atom stereocenters. The highest BCUT2D eigenvalue weighted by atomic mass is 17.2. The van der Waals surface area contributed by atoms with E-state index in [2.05, 4.69) is 9.98 Å². The lowest BCUT2D eigenvalue weighted by atomic mass is 9.86. The minimum absolute atomic E-state index is 0.203. The molecule has 0 amide bonds. The number of aliphatic hydroxyl groups excluding tert-OH is 4. The summed E-state index contributed by atoms with van der Waals surface area (Å²) >= 11 is 0. The van der Waals surface area contributed by atoms with Crippen molar-refractivity contribution in [2.24, 2.45) is 9.98 Å². The van der Waals surface area contributed by atoms with Crippen LogP contribution in [0.15, 0.2) is 79.9 Å². The number of ether oxygens (including phenoxy) is 1. The summed E-state index contributed by atoms with van der Waals surface area (Å²) in [6.07, 6.45) is 6.48. The first-order chi connectivity index (χ1) is 22.9. The summed E-state index contributed by atoms with van der Waals surface area (Å²) in [6.45, 7) is 4.05. The minimum atomic E-state index is -2.35. The van der Waals surface area contributed by atoms with Gasteiger partial charge in [-0.2, -0.15) is 0 Å². The molecular weight excluding hydrogens is 624 g/mol. The van der Waals surface area contributed by atoms with Crippen LogP contribution < -0.4 is 15.1 Å². The van der Waals surface area contributed by atoms with Crippen LogP contribution in [0.2, 0.25) is 0 Å². The lowest BCUT2D eigenvalue weighted by Crippen LogP contribution is -2.64. The largest absolute Gasteiger partial charge is 0.482 e. The monoisotopic (exact) mass is 662 g/mol. The first-order valence-corrected chi connectivity index (χ1v) is 15.7. The van der Waals surface area contributed by atoms with Crippen LogP contribution in [0.25, 0.3) is 11.0 Å². The Morgan fingerprint density at radius 3 is 2.75 bits per heavy atom. The summed E-state index contributed by atoms with van der Waals surface area (Å²) in [5.41, 5.74) is 0.718. The number of benzene rings is 1. The van der Waals surface area contributed by atoms with Gasteiger partial charge in [-0.3, -0.25) is 14.8 Å². The van der Waals surface area contributed by atoms with Crippen LogP contribution in [-0.2, 0) is 16.2 Å². The van der Waals surface area contributed by atoms with E-state index in [0.29, 0.717) is 40.3 Å². The van der Waals surface area contributed by atoms with Crippen LogP contribution in [0.1, 0.15) is 25.2 Å². The smallest absolute Gasteiger partial charge is 0.193 e. The number of β-amino-alcohol motifs (C(OH)–C–C–N with tert-alkyl or cyclic N) is 1. The first-order valence-electron chi connectivity index (χ1n) is 15.7. The highest BCUT2D eigenvalue weighted by Crippen LogP contribution is 2.47. The molecule has 1 aromatic heterocycles. The number of rotatable bonds is 11. The summed E-state index contributed by atoms with van der Waals surface area (Å²) in [5.74, 6) is 0.993. The number of aliphatic imine (C=N–C) groups is 2. The van der Waals surface area contributed by atoms with Crippen LogP contribution in [0.5, 0.6) is 5.75 Å². The molecule has 7 rings (SSSR count). The van der Waals surface area contributed by atoms with Crippen molar-refractivity contribution < 1.29 is 44.5 Å². The van der Waals surface area contributed by atoms with Crippen molar-refractivity contribution in [3.63, 3.8) is 0 Å². The number of hydrogen-bond donors (Lipinski definition) is 5. The second kappa shape index (κ2) is 12.1. The molecule has 0 bridgehead atoms. The Balaban J connectivity index is 1.12. The SMILES string of the molecule is Cc1cc(=O)c2cc3c(c(N4C=C5C=CN=C5C4)c2o1)OC(C)(C)C(OOCC(O)C(O)(CN1C=CC2=NC=CC21)C(O)C(O)CO)C3. The third-order valence-corrected chi connectivity index (χ3v) is 9.49. The third kappa shape index (κ3) is 5.48. The van der Waals surface area contributed by atoms with Crippen LogP contribution in [0, 0.1) is 6.92 Å². The predicted molar refractivity (Wildman–Crippen MR) is 175 cm³/mol. The zero-order valence-corrected chi connectivity index (χ0v) is 26.7. The maximum atomic E-state index is 13.2. The zero-order chi connectivity index (χ0) is 34.0. The average molecular weight is 663 g/mol. The molecule has 0 saturated carbocycles. The molecule has 6 atom stereocenters. The Labute approximate surface area is 275 Å². The maximum absolute atomic E-state index is 13.2. The molecule has 5 aliphatic rings. The minimum Gasteiger partial charge on any atom is -0.482 e. The van der Waals surface area contributed by atoms with E-state index in [1.165, 1.54) is 6.07 Å². The van der Waals surface area contributed by atoms with Gasteiger partial charge in [-0.15, -0.1) is 0 Å². The summed E-state index contributed by atoms with van der Waals surface area (Å²) in [6, 6.07) is 2.85. The van der Waals surface area contributed by atoms with Gasteiger partial charge in [-0.1, -0.05) is 0 Å². The molecule has 2 aromatic rings. The molecule has 6 heterocycles. The Bertz CT molecular complexity index is 1880. The molecule has 254 valence electrons. The van der Waals surface area contributed by atoms with Crippen LogP contribution >= 0.6 is 0 Å². The summed E-state index contributed by atoms with van der Waals surface area (Å²) in [7, 11) is 0. The van der Waals surface area contributed by atoms with Crippen molar-refractivity contribution >= 4 is 28.1 Å². The zero-order valence-electron chi connectivity index (χ0n) is 26.7. The van der Waals surface area contributed by atoms with E-state index < -0.39 is 48.8 Å². The summed E-state index contributed by atoms with van der Waals surface area (Å²) < 4.78 is 12.7. The molecule has 14 heteroatoms. The topological polar surface area (TPSA) is 190 Å². The lowest BCUT2D eigenvalue weighted by Gasteiger charge is -2.42. The number of nitrogens with zero attached hydrogens (tertiary/aromatic N) is 4. The van der Waals surface area contributed by atoms with Crippen molar-refractivity contribution in [2.75, 3.05) is 31.2 Å². The van der Waals surface area contributed by atoms with Gasteiger partial charge in [-0.05, 0) is 45.1 Å². The van der Waals surface area contributed by atoms with E-state index in [1.807, 2.05) is 31.0 Å². The van der Waals surface area contributed by atoms with Crippen LogP contribution in [0.4, 0.5) is 5.69 Å². The van der Waals surface area contributed by atoms with Crippen molar-refractivity contribution in [3.8, 4) is 5.75 Å². The molecular formula is C34H38N4O10. The number of fused-ring (bicyclic) bond motifs is 4. The van der Waals surface area contributed by atoms with Gasteiger partial charge in [-0.25, -0.2) is 9.78 Å².